The van der Waals surface area contributed by atoms with Crippen LogP contribution in [0.5, 0.6) is 0 Å². The molecule has 0 aliphatic carbocycles. The van der Waals surface area contributed by atoms with Crippen LogP contribution in [0.3, 0.4) is 0 Å². The lowest BCUT2D eigenvalue weighted by molar-refractivity contribution is -0.147. The fraction of sp³-hybridized carbons (Fsp3) is 0.500. The van der Waals surface area contributed by atoms with Gasteiger partial charge in [0.25, 0.3) is 0 Å². The molecule has 0 spiro atoms. The van der Waals surface area contributed by atoms with E-state index in [0.29, 0.717) is 0 Å². The molecule has 82 valence electrons. The second-order valence-electron chi connectivity index (χ2n) is 3.61. The molecule has 1 rings (SSSR count). The summed E-state index contributed by atoms with van der Waals surface area (Å²) in [6.07, 6.45) is -0.538. The van der Waals surface area contributed by atoms with Crippen molar-refractivity contribution in [3.05, 3.63) is 12.2 Å². The van der Waals surface area contributed by atoms with Crippen LogP contribution in [0.1, 0.15) is 20.3 Å². The molecule has 0 saturated carbocycles. The van der Waals surface area contributed by atoms with Crippen molar-refractivity contribution in [2.24, 2.45) is 5.92 Å². The number of ether oxygens (including phenoxy) is 1. The van der Waals surface area contributed by atoms with Crippen LogP contribution in [0.4, 0.5) is 0 Å². The Balaban J connectivity index is 2.58. The normalized spacial score (nSPS) is 22.1. The van der Waals surface area contributed by atoms with E-state index in [1.165, 1.54) is 6.92 Å². The number of carbonyl (C=O) groups is 3. The second kappa shape index (κ2) is 4.25. The van der Waals surface area contributed by atoms with Crippen molar-refractivity contribution in [3.63, 3.8) is 0 Å². The monoisotopic (exact) mass is 211 g/mol. The van der Waals surface area contributed by atoms with Crippen molar-refractivity contribution in [3.8, 4) is 0 Å². The first-order valence-electron chi connectivity index (χ1n) is 4.62. The smallest absolute Gasteiger partial charge is 0.333 e. The van der Waals surface area contributed by atoms with Gasteiger partial charge >= 0.3 is 5.97 Å². The highest BCUT2D eigenvalue weighted by atomic mass is 16.5. The Labute approximate surface area is 87.5 Å². The summed E-state index contributed by atoms with van der Waals surface area (Å²) in [5, 5.41) is 2.16. The fourth-order valence-corrected chi connectivity index (χ4v) is 1.30. The number of rotatable bonds is 3. The molecule has 0 radical (unpaired) electrons. The van der Waals surface area contributed by atoms with E-state index < -0.39 is 18.0 Å². The van der Waals surface area contributed by atoms with Gasteiger partial charge in [-0.2, -0.15) is 0 Å². The lowest BCUT2D eigenvalue weighted by Gasteiger charge is -2.16. The third kappa shape index (κ3) is 2.65. The van der Waals surface area contributed by atoms with Crippen LogP contribution in [-0.2, 0) is 19.1 Å². The summed E-state index contributed by atoms with van der Waals surface area (Å²) in [4.78, 5) is 33.3. The van der Waals surface area contributed by atoms with Gasteiger partial charge in [0.15, 0.2) is 0 Å². The van der Waals surface area contributed by atoms with Gasteiger partial charge in [-0.3, -0.25) is 14.9 Å². The number of esters is 1. The molecule has 0 bridgehead atoms. The van der Waals surface area contributed by atoms with Gasteiger partial charge in [0.2, 0.25) is 11.8 Å². The third-order valence-corrected chi connectivity index (χ3v) is 2.21. The minimum absolute atomic E-state index is 0.0729. The molecule has 5 heteroatoms. The largest absolute Gasteiger partial charge is 0.458 e. The zero-order valence-corrected chi connectivity index (χ0v) is 8.70. The number of hydrogen-bond donors (Lipinski definition) is 1. The lowest BCUT2D eigenvalue weighted by Crippen LogP contribution is -2.30. The molecule has 15 heavy (non-hydrogen) atoms. The number of amides is 2. The molecule has 2 amide bonds. The van der Waals surface area contributed by atoms with Crippen molar-refractivity contribution >= 4 is 17.8 Å². The maximum absolute atomic E-state index is 11.2. The van der Waals surface area contributed by atoms with Gasteiger partial charge in [0.1, 0.15) is 6.10 Å². The Hall–Kier alpha value is -1.65. The Bertz CT molecular complexity index is 334. The maximum atomic E-state index is 11.2. The highest BCUT2D eigenvalue weighted by Crippen LogP contribution is 2.18. The van der Waals surface area contributed by atoms with Gasteiger partial charge in [0, 0.05) is 12.0 Å². The summed E-state index contributed by atoms with van der Waals surface area (Å²) < 4.78 is 4.96. The van der Waals surface area contributed by atoms with Crippen LogP contribution >= 0.6 is 0 Å². The van der Waals surface area contributed by atoms with Crippen LogP contribution in [0, 0.1) is 5.92 Å². The van der Waals surface area contributed by atoms with Crippen molar-refractivity contribution in [2.45, 2.75) is 26.4 Å². The average molecular weight is 211 g/mol. The van der Waals surface area contributed by atoms with Crippen LogP contribution in [0.25, 0.3) is 0 Å². The highest BCUT2D eigenvalue weighted by Gasteiger charge is 2.36. The molecule has 2 unspecified atom stereocenters. The van der Waals surface area contributed by atoms with Crippen LogP contribution < -0.4 is 5.32 Å². The summed E-state index contributed by atoms with van der Waals surface area (Å²) in [5.74, 6) is -1.85. The molecule has 1 aliphatic heterocycles. The van der Waals surface area contributed by atoms with Gasteiger partial charge < -0.3 is 4.74 Å². The highest BCUT2D eigenvalue weighted by molar-refractivity contribution is 6.03. The van der Waals surface area contributed by atoms with Crippen molar-refractivity contribution < 1.29 is 19.1 Å². The summed E-state index contributed by atoms with van der Waals surface area (Å²) in [7, 11) is 0. The average Bonchev–Trinajstić information content (AvgIpc) is 2.44. The predicted molar refractivity (Wildman–Crippen MR) is 51.6 cm³/mol. The molecular formula is C10H13NO4. The molecule has 5 nitrogen and oxygen atoms in total. The van der Waals surface area contributed by atoms with Crippen LogP contribution in [0.15, 0.2) is 12.2 Å². The zero-order chi connectivity index (χ0) is 11.6. The standard InChI is InChI=1S/C10H13NO4/c1-5(2)10(14)15-6(3)7-4-8(12)11-9(7)13/h6-7H,1,4H2,2-3H3,(H,11,12,13). The Morgan fingerprint density at radius 1 is 1.60 bits per heavy atom. The Morgan fingerprint density at radius 2 is 2.20 bits per heavy atom. The minimum atomic E-state index is -0.611. The van der Waals surface area contributed by atoms with Gasteiger partial charge in [-0.25, -0.2) is 4.79 Å². The zero-order valence-electron chi connectivity index (χ0n) is 8.70. The first-order chi connectivity index (χ1) is 6.91. The van der Waals surface area contributed by atoms with E-state index >= 15 is 0 Å². The quantitative estimate of drug-likeness (QED) is 0.410. The summed E-state index contributed by atoms with van der Waals surface area (Å²) in [6, 6.07) is 0. The summed E-state index contributed by atoms with van der Waals surface area (Å²) >= 11 is 0. The van der Waals surface area contributed by atoms with Gasteiger partial charge in [-0.1, -0.05) is 6.58 Å². The van der Waals surface area contributed by atoms with Crippen LogP contribution in [0.2, 0.25) is 0 Å². The van der Waals surface area contributed by atoms with E-state index in [1.807, 2.05) is 0 Å². The molecular weight excluding hydrogens is 198 g/mol. The topological polar surface area (TPSA) is 72.5 Å². The number of imide groups is 1. The molecule has 0 aromatic heterocycles. The van der Waals surface area contributed by atoms with Crippen molar-refractivity contribution in [1.82, 2.24) is 5.32 Å². The molecule has 1 N–H and O–H groups in total. The van der Waals surface area contributed by atoms with E-state index in [1.54, 1.807) is 6.92 Å². The minimum Gasteiger partial charge on any atom is -0.458 e. The van der Waals surface area contributed by atoms with Crippen molar-refractivity contribution in [1.29, 1.82) is 0 Å². The molecule has 2 atom stereocenters. The summed E-state index contributed by atoms with van der Waals surface area (Å²) in [5.41, 5.74) is 0.270. The third-order valence-electron chi connectivity index (χ3n) is 2.21. The first kappa shape index (κ1) is 11.4. The van der Waals surface area contributed by atoms with E-state index in [-0.39, 0.29) is 23.8 Å². The molecule has 1 fully saturated rings. The Morgan fingerprint density at radius 3 is 2.60 bits per heavy atom. The molecule has 1 saturated heterocycles. The number of hydrogen-bond acceptors (Lipinski definition) is 4. The fourth-order valence-electron chi connectivity index (χ4n) is 1.30. The number of carbonyl (C=O) groups excluding carboxylic acids is 3. The Kier molecular flexibility index (Phi) is 3.24. The van der Waals surface area contributed by atoms with E-state index in [2.05, 4.69) is 11.9 Å². The van der Waals surface area contributed by atoms with Crippen molar-refractivity contribution in [2.75, 3.05) is 0 Å². The van der Waals surface area contributed by atoms with E-state index in [9.17, 15) is 14.4 Å². The lowest BCUT2D eigenvalue weighted by atomic mass is 10.0. The maximum Gasteiger partial charge on any atom is 0.333 e. The van der Waals surface area contributed by atoms with Gasteiger partial charge in [-0.05, 0) is 13.8 Å². The van der Waals surface area contributed by atoms with E-state index in [0.717, 1.165) is 0 Å². The molecule has 1 aliphatic rings. The van der Waals surface area contributed by atoms with E-state index in [4.69, 9.17) is 4.74 Å². The SMILES string of the molecule is C=C(C)C(=O)OC(C)C1CC(=O)NC1=O. The summed E-state index contributed by atoms with van der Waals surface area (Å²) in [6.45, 7) is 6.54. The van der Waals surface area contributed by atoms with Gasteiger partial charge in [-0.15, -0.1) is 0 Å². The van der Waals surface area contributed by atoms with Crippen LogP contribution in [-0.4, -0.2) is 23.9 Å². The van der Waals surface area contributed by atoms with Gasteiger partial charge in [0.05, 0.1) is 5.92 Å². The number of nitrogens with one attached hydrogen (secondary N) is 1. The predicted octanol–water partition coefficient (Wildman–Crippen LogP) is 0.157. The molecule has 0 aromatic carbocycles. The first-order valence-corrected chi connectivity index (χ1v) is 4.62. The molecule has 1 heterocycles. The second-order valence-corrected chi connectivity index (χ2v) is 3.61. The molecule has 0 aromatic rings.